The summed E-state index contributed by atoms with van der Waals surface area (Å²) in [7, 11) is -5.07. The van der Waals surface area contributed by atoms with E-state index in [1.807, 2.05) is 80.5 Å². The topological polar surface area (TPSA) is 592 Å². The molecule has 19 atom stereocenters. The van der Waals surface area contributed by atoms with Gasteiger partial charge in [-0.15, -0.1) is 0 Å². The number of aromatic amines is 1. The number of ether oxygens (including phenoxy) is 2. The predicted molar refractivity (Wildman–Crippen MR) is 395 cm³/mol. The third-order valence-electron chi connectivity index (χ3n) is 23.5. The molecule has 3 aromatic heterocycles. The molecule has 7 aliphatic rings. The van der Waals surface area contributed by atoms with Gasteiger partial charge in [0, 0.05) is 108 Å². The van der Waals surface area contributed by atoms with Crippen LogP contribution < -0.4 is 45.5 Å². The summed E-state index contributed by atoms with van der Waals surface area (Å²) in [5, 5.41) is 56.4. The second-order valence-corrected chi connectivity index (χ2v) is 32.5. The maximum absolute atomic E-state index is 14.4. The van der Waals surface area contributed by atoms with Gasteiger partial charge in [0.2, 0.25) is 41.4 Å². The van der Waals surface area contributed by atoms with Crippen molar-refractivity contribution in [3.63, 3.8) is 0 Å². The second kappa shape index (κ2) is 32.2. The maximum atomic E-state index is 14.4. The van der Waals surface area contributed by atoms with E-state index in [9.17, 15) is 63.4 Å². The fourth-order valence-corrected chi connectivity index (χ4v) is 18.5. The number of carbonyl (C=O) groups excluding carboxylic acids is 7. The smallest absolute Gasteiger partial charge is 0.682 e. The van der Waals surface area contributed by atoms with Crippen LogP contribution in [0.3, 0.4) is 0 Å². The van der Waals surface area contributed by atoms with Gasteiger partial charge < -0.3 is 97.1 Å². The Bertz CT molecular complexity index is 4520. The molecule has 1 aromatic carbocycles. The van der Waals surface area contributed by atoms with Crippen molar-refractivity contribution in [2.24, 2.45) is 94.7 Å². The first-order chi connectivity index (χ1) is 50.4. The molecule has 7 amide bonds. The maximum Gasteiger partial charge on any atom is 2.00 e. The number of H-pyrrole nitrogens is 1. The molecule has 21 N–H and O–H groups in total. The monoisotopic (exact) mass is 1580 g/mol. The zero-order chi connectivity index (χ0) is 79.6. The van der Waals surface area contributed by atoms with Crippen molar-refractivity contribution in [2.75, 3.05) is 18.9 Å². The number of aromatic nitrogens is 6. The molecule has 7 aliphatic heterocycles. The number of nitrogen functional groups attached to an aromatic ring is 1. The standard InChI is InChI=1S/C62H90N13O14P.C10H12N5O3.Co/c1-29-20-39-40(21-30(29)2)75(28-70-39)57-52(84)53(41(27-76)87-57)89-90(85,86)88-31(3)26-69-49(83)18-19-59(8)37(22-46(66)80)56-62(11)61(10,25-48(68)82)36(14-17-45(65)79)51(74-62)33(5)55-60(9,24-47(67)81)34(12-15-43(63)77)38(71-55)23-42-58(6,7)35(13-16-44(64)78)50(72-42)32(4)54(59)73-56;1-3-7(16)8(17)9(18-3)5-4-6(15-14-5)10(11)13-2-12-4;/h20-21,23,28,31,34-37,41,52-53,56-57,76,84H,12-19,22,24-27H2,1-11H3,(H15,63,64,65,66,67,68,69,71,72,73,74,77,78,79,80,81,82,83,85,86);2-3,7-9,16-17H,1H2,(H,14,15)(H2,11,12,13);/q;-1;+2/p-1. The first kappa shape index (κ1) is 84.8. The molecule has 0 aliphatic carbocycles. The van der Waals surface area contributed by atoms with E-state index in [1.54, 1.807) is 11.5 Å². The van der Waals surface area contributed by atoms with Crippen LogP contribution in [0.15, 0.2) is 74.1 Å². The van der Waals surface area contributed by atoms with Crippen molar-refractivity contribution in [3.8, 4) is 0 Å². The molecule has 10 heterocycles. The second-order valence-electron chi connectivity index (χ2n) is 31.2. The number of nitrogens with zero attached hydrogens (tertiary/aromatic N) is 9. The van der Waals surface area contributed by atoms with E-state index < -0.39 is 168 Å². The Morgan fingerprint density at radius 3 is 1.98 bits per heavy atom. The van der Waals surface area contributed by atoms with Crippen molar-refractivity contribution in [2.45, 2.75) is 213 Å². The fraction of sp³-hybridized carbons (Fsp3) is 0.597. The summed E-state index contributed by atoms with van der Waals surface area (Å²) in [4.78, 5) is 133. The number of amides is 7. The SMILES string of the molecule is CC1=C2N=C(/C=C3N=C(/C(C)=C4\[N-]C(C(CC(N)=O)C4(C)CCC(=O)NCC(C)OP(=O)(O)OC4C(CO)OC(n5cnc6cc(C)c(C)cc65)C4O)C4(C)N=C1C(CCC(N)=O)C4(C)CC(N)=O)C(CCC(N)=O)C\3(C)C)C(CCC(N)=O)C2(C)CC(N)=O.[CH2-]C1OC(c2[nH]nc3c(N)ncnc23)C(O)C1O.[Co+2]. The number of carbonyl (C=O) groups is 7. The van der Waals surface area contributed by atoms with E-state index in [1.165, 1.54) is 19.6 Å². The molecule has 4 aromatic rings. The number of anilines is 1. The summed E-state index contributed by atoms with van der Waals surface area (Å²) < 4.78 is 37.7. The first-order valence-electron chi connectivity index (χ1n) is 35.9. The molecule has 11 rings (SSSR count). The van der Waals surface area contributed by atoms with Crippen molar-refractivity contribution in [1.29, 1.82) is 0 Å². The number of nitrogens with one attached hydrogen (secondary N) is 2. The number of rotatable bonds is 27. The Morgan fingerprint density at radius 2 is 1.39 bits per heavy atom. The summed E-state index contributed by atoms with van der Waals surface area (Å²) in [6.45, 7) is 22.7. The van der Waals surface area contributed by atoms with Gasteiger partial charge in [-0.2, -0.15) is 10.8 Å². The predicted octanol–water partition coefficient (Wildman–Crippen LogP) is 2.88. The molecular formula is C72H101CoN18O17P. The van der Waals surface area contributed by atoms with Gasteiger partial charge in [-0.25, -0.2) is 19.5 Å². The Hall–Kier alpha value is -8.26. The van der Waals surface area contributed by atoms with Crippen LogP contribution in [0.4, 0.5) is 5.82 Å². The van der Waals surface area contributed by atoms with Gasteiger partial charge in [0.05, 0.1) is 53.1 Å². The number of aliphatic hydroxyl groups is 4. The molecule has 37 heteroatoms. The zero-order valence-electron chi connectivity index (χ0n) is 62.9. The number of imidazole rings is 1. The van der Waals surface area contributed by atoms with Gasteiger partial charge in [-0.1, -0.05) is 40.7 Å². The van der Waals surface area contributed by atoms with Gasteiger partial charge in [-0.3, -0.25) is 62.7 Å². The van der Waals surface area contributed by atoms with Crippen molar-refractivity contribution >= 4 is 94.2 Å². The quantitative estimate of drug-likeness (QED) is 0.0301. The average molecular weight is 1580 g/mol. The summed E-state index contributed by atoms with van der Waals surface area (Å²) >= 11 is 0. The van der Waals surface area contributed by atoms with E-state index >= 15 is 0 Å². The van der Waals surface area contributed by atoms with E-state index in [0.717, 1.165) is 11.1 Å². The minimum absolute atomic E-state index is 0. The summed E-state index contributed by atoms with van der Waals surface area (Å²) in [6.07, 6.45) is -6.78. The van der Waals surface area contributed by atoms with Gasteiger partial charge >= 0.3 is 24.6 Å². The van der Waals surface area contributed by atoms with Crippen molar-refractivity contribution < 1.29 is 98.7 Å². The zero-order valence-corrected chi connectivity index (χ0v) is 64.8. The Morgan fingerprint density at radius 1 is 0.761 bits per heavy atom. The molecule has 595 valence electrons. The van der Waals surface area contributed by atoms with Crippen LogP contribution in [0, 0.1) is 66.1 Å². The number of phosphoric ester groups is 1. The average Bonchev–Trinajstić information content (AvgIpc) is 1.53. The summed E-state index contributed by atoms with van der Waals surface area (Å²) in [5.41, 5.74) is 43.8. The van der Waals surface area contributed by atoms with Crippen LogP contribution in [0.1, 0.15) is 162 Å². The normalized spacial score (nSPS) is 32.9. The van der Waals surface area contributed by atoms with E-state index in [2.05, 4.69) is 37.4 Å². The van der Waals surface area contributed by atoms with Gasteiger partial charge in [0.1, 0.15) is 42.4 Å². The molecule has 0 saturated carbocycles. The minimum Gasteiger partial charge on any atom is -0.682 e. The number of nitrogens with two attached hydrogens (primary N) is 7. The fourth-order valence-electron chi connectivity index (χ4n) is 17.4. The third-order valence-corrected chi connectivity index (χ3v) is 24.7. The Kier molecular flexibility index (Phi) is 25.0. The van der Waals surface area contributed by atoms with Gasteiger partial charge in [0.25, 0.3) is 0 Å². The van der Waals surface area contributed by atoms with Crippen molar-refractivity contribution in [1.82, 2.24) is 35.0 Å². The summed E-state index contributed by atoms with van der Waals surface area (Å²) in [6, 6.07) is 2.68. The number of aliphatic imine (C=N–C) groups is 3. The van der Waals surface area contributed by atoms with Crippen LogP contribution in [0.25, 0.3) is 27.4 Å². The molecule has 19 unspecified atom stereocenters. The van der Waals surface area contributed by atoms with Crippen molar-refractivity contribution in [3.05, 3.63) is 88.2 Å². The van der Waals surface area contributed by atoms with Crippen LogP contribution in [0.5, 0.6) is 0 Å². The molecule has 109 heavy (non-hydrogen) atoms. The third kappa shape index (κ3) is 16.3. The van der Waals surface area contributed by atoms with E-state index in [4.69, 9.17) is 79.0 Å². The van der Waals surface area contributed by atoms with Crippen LogP contribution in [-0.2, 0) is 73.4 Å². The molecular weight excluding hydrogens is 1480 g/mol. The first-order valence-corrected chi connectivity index (χ1v) is 37.4. The molecule has 3 saturated heterocycles. The molecule has 3 fully saturated rings. The molecule has 1 radical (unpaired) electrons. The number of benzene rings is 1. The minimum atomic E-state index is -5.07. The van der Waals surface area contributed by atoms with Crippen LogP contribution >= 0.6 is 7.82 Å². The van der Waals surface area contributed by atoms with Gasteiger partial charge in [-0.05, 0) is 125 Å². The molecule has 0 spiro atoms. The largest absolute Gasteiger partial charge is 2.00 e. The Balaban J connectivity index is 0.000000623. The number of primary amides is 6. The number of phosphoric acid groups is 1. The number of allylic oxidation sites excluding steroid dienone is 6. The molecule has 8 bridgehead atoms. The number of fused-ring (bicyclic) bond motifs is 8. The molecule has 35 nitrogen and oxygen atoms in total. The number of aliphatic hydroxyl groups excluding tert-OH is 4. The van der Waals surface area contributed by atoms with Gasteiger partial charge in [0.15, 0.2) is 17.6 Å². The Labute approximate surface area is 640 Å². The van der Waals surface area contributed by atoms with Crippen LogP contribution in [-0.4, -0.2) is 181 Å². The van der Waals surface area contributed by atoms with E-state index in [-0.39, 0.29) is 99.8 Å². The van der Waals surface area contributed by atoms with E-state index in [0.29, 0.717) is 73.1 Å². The number of hydrogen-bond donors (Lipinski definition) is 14. The number of hydrogen-bond acceptors (Lipinski definition) is 24. The number of aryl methyl sites for hydroxylation is 2. The summed E-state index contributed by atoms with van der Waals surface area (Å²) in [5.74, 6) is -7.10. The van der Waals surface area contributed by atoms with Crippen LogP contribution in [0.2, 0.25) is 0 Å².